The molecule has 86 valence electrons. The van der Waals surface area contributed by atoms with E-state index in [4.69, 9.17) is 5.11 Å². The first kappa shape index (κ1) is 12.0. The molecule has 4 nitrogen and oxygen atoms in total. The van der Waals surface area contributed by atoms with Crippen LogP contribution in [0.3, 0.4) is 0 Å². The summed E-state index contributed by atoms with van der Waals surface area (Å²) in [6.07, 6.45) is 2.93. The van der Waals surface area contributed by atoms with Crippen molar-refractivity contribution in [2.75, 3.05) is 6.54 Å². The first-order valence-electron chi connectivity index (χ1n) is 5.49. The molecule has 0 spiro atoms. The average Bonchev–Trinajstić information content (AvgIpc) is 2.16. The maximum absolute atomic E-state index is 11.3. The fraction of sp³-hybridized carbons (Fsp3) is 0.818. The van der Waals surface area contributed by atoms with Gasteiger partial charge in [0.1, 0.15) is 0 Å². The van der Waals surface area contributed by atoms with Crippen molar-refractivity contribution in [3.8, 4) is 0 Å². The monoisotopic (exact) mass is 213 g/mol. The van der Waals surface area contributed by atoms with E-state index in [9.17, 15) is 9.59 Å². The third kappa shape index (κ3) is 3.53. The summed E-state index contributed by atoms with van der Waals surface area (Å²) in [4.78, 5) is 23.6. The van der Waals surface area contributed by atoms with Crippen molar-refractivity contribution in [2.24, 2.45) is 5.92 Å². The van der Waals surface area contributed by atoms with Crippen LogP contribution in [0, 0.1) is 5.92 Å². The molecule has 1 saturated heterocycles. The summed E-state index contributed by atoms with van der Waals surface area (Å²) in [7, 11) is 0. The summed E-state index contributed by atoms with van der Waals surface area (Å²) < 4.78 is 0. The number of hydrogen-bond donors (Lipinski definition) is 1. The zero-order valence-electron chi connectivity index (χ0n) is 9.40. The first-order chi connectivity index (χ1) is 7.00. The number of nitrogens with zero attached hydrogens (tertiary/aromatic N) is 1. The Morgan fingerprint density at radius 3 is 2.60 bits per heavy atom. The van der Waals surface area contributed by atoms with E-state index < -0.39 is 5.97 Å². The number of carboxylic acid groups (broad SMARTS) is 1. The second-order valence-corrected chi connectivity index (χ2v) is 4.40. The molecule has 1 N–H and O–H groups in total. The Morgan fingerprint density at radius 2 is 2.07 bits per heavy atom. The molecule has 1 aliphatic heterocycles. The van der Waals surface area contributed by atoms with E-state index in [2.05, 4.69) is 6.92 Å². The SMILES string of the molecule is CC(=O)N1C[C@H](CCC(=O)O)CC[C@H]1C. The highest BCUT2D eigenvalue weighted by atomic mass is 16.4. The quantitative estimate of drug-likeness (QED) is 0.772. The highest BCUT2D eigenvalue weighted by Gasteiger charge is 2.26. The minimum atomic E-state index is -0.747. The van der Waals surface area contributed by atoms with Crippen LogP contribution < -0.4 is 0 Å². The molecular formula is C11H19NO3. The van der Waals surface area contributed by atoms with E-state index in [0.717, 1.165) is 19.4 Å². The van der Waals surface area contributed by atoms with Crippen LogP contribution in [0.1, 0.15) is 39.5 Å². The van der Waals surface area contributed by atoms with Gasteiger partial charge in [-0.25, -0.2) is 0 Å². The lowest BCUT2D eigenvalue weighted by Crippen LogP contribution is -2.44. The highest BCUT2D eigenvalue weighted by molar-refractivity contribution is 5.73. The predicted octanol–water partition coefficient (Wildman–Crippen LogP) is 1.50. The van der Waals surface area contributed by atoms with E-state index in [0.29, 0.717) is 18.4 Å². The van der Waals surface area contributed by atoms with Gasteiger partial charge in [0.2, 0.25) is 5.91 Å². The molecule has 0 aromatic rings. The van der Waals surface area contributed by atoms with Gasteiger partial charge in [-0.2, -0.15) is 0 Å². The van der Waals surface area contributed by atoms with Crippen molar-refractivity contribution in [1.29, 1.82) is 0 Å². The van der Waals surface area contributed by atoms with E-state index in [1.165, 1.54) is 0 Å². The summed E-state index contributed by atoms with van der Waals surface area (Å²) >= 11 is 0. The molecule has 1 rings (SSSR count). The van der Waals surface area contributed by atoms with Crippen LogP contribution in [0.25, 0.3) is 0 Å². The second kappa shape index (κ2) is 5.14. The smallest absolute Gasteiger partial charge is 0.303 e. The van der Waals surface area contributed by atoms with Gasteiger partial charge in [0.05, 0.1) is 0 Å². The van der Waals surface area contributed by atoms with E-state index >= 15 is 0 Å². The van der Waals surface area contributed by atoms with Gasteiger partial charge in [-0.05, 0) is 32.1 Å². The average molecular weight is 213 g/mol. The normalized spacial score (nSPS) is 26.4. The van der Waals surface area contributed by atoms with Crippen LogP contribution in [-0.2, 0) is 9.59 Å². The summed E-state index contributed by atoms with van der Waals surface area (Å²) in [6.45, 7) is 4.36. The maximum Gasteiger partial charge on any atom is 0.303 e. The molecule has 0 bridgehead atoms. The van der Waals surface area contributed by atoms with Crippen molar-refractivity contribution in [3.63, 3.8) is 0 Å². The number of aliphatic carboxylic acids is 1. The van der Waals surface area contributed by atoms with E-state index in [-0.39, 0.29) is 12.3 Å². The highest BCUT2D eigenvalue weighted by Crippen LogP contribution is 2.25. The Morgan fingerprint density at radius 1 is 1.40 bits per heavy atom. The minimum absolute atomic E-state index is 0.0996. The van der Waals surface area contributed by atoms with Crippen molar-refractivity contribution >= 4 is 11.9 Å². The maximum atomic E-state index is 11.3. The largest absolute Gasteiger partial charge is 0.481 e. The van der Waals surface area contributed by atoms with E-state index in [1.54, 1.807) is 6.92 Å². The number of carboxylic acids is 1. The number of amides is 1. The lowest BCUT2D eigenvalue weighted by Gasteiger charge is -2.37. The van der Waals surface area contributed by atoms with Crippen LogP contribution in [0.5, 0.6) is 0 Å². The van der Waals surface area contributed by atoms with Gasteiger partial charge in [-0.15, -0.1) is 0 Å². The molecule has 0 aromatic carbocycles. The minimum Gasteiger partial charge on any atom is -0.481 e. The van der Waals surface area contributed by atoms with Crippen molar-refractivity contribution < 1.29 is 14.7 Å². The fourth-order valence-corrected chi connectivity index (χ4v) is 2.18. The Labute approximate surface area is 90.3 Å². The van der Waals surface area contributed by atoms with Crippen LogP contribution in [0.2, 0.25) is 0 Å². The fourth-order valence-electron chi connectivity index (χ4n) is 2.18. The summed E-state index contributed by atoms with van der Waals surface area (Å²) in [5, 5.41) is 8.59. The Balaban J connectivity index is 2.43. The lowest BCUT2D eigenvalue weighted by molar-refractivity contribution is -0.137. The Hall–Kier alpha value is -1.06. The van der Waals surface area contributed by atoms with E-state index in [1.807, 2.05) is 4.90 Å². The molecule has 0 radical (unpaired) electrons. The number of hydrogen-bond acceptors (Lipinski definition) is 2. The third-order valence-electron chi connectivity index (χ3n) is 3.15. The molecule has 0 unspecified atom stereocenters. The van der Waals surface area contributed by atoms with Gasteiger partial charge in [0, 0.05) is 25.9 Å². The molecule has 1 aliphatic rings. The van der Waals surface area contributed by atoms with Gasteiger partial charge in [0.25, 0.3) is 0 Å². The van der Waals surface area contributed by atoms with Gasteiger partial charge in [-0.3, -0.25) is 9.59 Å². The van der Waals surface area contributed by atoms with Crippen molar-refractivity contribution in [3.05, 3.63) is 0 Å². The van der Waals surface area contributed by atoms with Gasteiger partial charge in [0.15, 0.2) is 0 Å². The molecule has 15 heavy (non-hydrogen) atoms. The van der Waals surface area contributed by atoms with Gasteiger partial charge in [-0.1, -0.05) is 0 Å². The molecule has 4 heteroatoms. The number of piperidine rings is 1. The molecule has 0 aromatic heterocycles. The van der Waals surface area contributed by atoms with Crippen LogP contribution in [-0.4, -0.2) is 34.5 Å². The number of likely N-dealkylation sites (tertiary alicyclic amines) is 1. The molecule has 2 atom stereocenters. The topological polar surface area (TPSA) is 57.6 Å². The predicted molar refractivity (Wildman–Crippen MR) is 56.4 cm³/mol. The standard InChI is InChI=1S/C11H19NO3/c1-8-3-4-10(5-6-11(14)15)7-12(8)9(2)13/h8,10H,3-7H2,1-2H3,(H,14,15)/t8-,10+/m1/s1. The molecule has 1 heterocycles. The molecular weight excluding hydrogens is 194 g/mol. The van der Waals surface area contributed by atoms with Crippen molar-refractivity contribution in [1.82, 2.24) is 4.90 Å². The molecule has 0 aliphatic carbocycles. The molecule has 0 saturated carbocycles. The first-order valence-corrected chi connectivity index (χ1v) is 5.49. The zero-order chi connectivity index (χ0) is 11.4. The molecule has 1 amide bonds. The van der Waals surface area contributed by atoms with Crippen LogP contribution >= 0.6 is 0 Å². The summed E-state index contributed by atoms with van der Waals surface area (Å²) in [6, 6.07) is 0.309. The number of carbonyl (C=O) groups is 2. The lowest BCUT2D eigenvalue weighted by atomic mass is 9.90. The van der Waals surface area contributed by atoms with Crippen molar-refractivity contribution in [2.45, 2.75) is 45.6 Å². The summed E-state index contributed by atoms with van der Waals surface area (Å²) in [5.74, 6) is -0.285. The van der Waals surface area contributed by atoms with Crippen LogP contribution in [0.15, 0.2) is 0 Å². The van der Waals surface area contributed by atoms with Gasteiger partial charge < -0.3 is 10.0 Å². The summed E-state index contributed by atoms with van der Waals surface area (Å²) in [5.41, 5.74) is 0. The molecule has 1 fully saturated rings. The van der Waals surface area contributed by atoms with Crippen LogP contribution in [0.4, 0.5) is 0 Å². The zero-order valence-corrected chi connectivity index (χ0v) is 9.40. The number of rotatable bonds is 3. The second-order valence-electron chi connectivity index (χ2n) is 4.40. The Bertz CT molecular complexity index is 252. The van der Waals surface area contributed by atoms with Gasteiger partial charge >= 0.3 is 5.97 Å². The number of carbonyl (C=O) groups excluding carboxylic acids is 1. The Kier molecular flexibility index (Phi) is 4.12. The third-order valence-corrected chi connectivity index (χ3v) is 3.15.